The number of ether oxygens (including phenoxy) is 2. The van der Waals surface area contributed by atoms with Gasteiger partial charge in [-0.2, -0.15) is 0 Å². The molecule has 2 aromatic rings. The van der Waals surface area contributed by atoms with E-state index in [0.717, 1.165) is 5.56 Å². The van der Waals surface area contributed by atoms with E-state index >= 15 is 0 Å². The van der Waals surface area contributed by atoms with Crippen LogP contribution in [0.15, 0.2) is 59.8 Å². The van der Waals surface area contributed by atoms with E-state index in [0.29, 0.717) is 22.1 Å². The second-order valence-corrected chi connectivity index (χ2v) is 7.15. The van der Waals surface area contributed by atoms with Gasteiger partial charge in [0.1, 0.15) is 12.4 Å². The molecule has 0 spiro atoms. The number of anilines is 1. The summed E-state index contributed by atoms with van der Waals surface area (Å²) < 4.78 is 24.0. The largest absolute Gasteiger partial charge is 0.460 e. The Kier molecular flexibility index (Phi) is 6.84. The molecule has 0 saturated heterocycles. The van der Waals surface area contributed by atoms with Crippen LogP contribution in [0.4, 0.5) is 10.1 Å². The van der Waals surface area contributed by atoms with Gasteiger partial charge in [0.25, 0.3) is 0 Å². The summed E-state index contributed by atoms with van der Waals surface area (Å²) in [6.45, 7) is 2.19. The van der Waals surface area contributed by atoms with Crippen molar-refractivity contribution in [1.82, 2.24) is 5.32 Å². The van der Waals surface area contributed by atoms with Gasteiger partial charge in [-0.05, 0) is 42.9 Å². The molecule has 8 heteroatoms. The van der Waals surface area contributed by atoms with Crippen LogP contribution in [0.25, 0.3) is 0 Å². The number of hydrogen-bond donors (Lipinski definition) is 1. The Morgan fingerprint density at radius 3 is 2.62 bits per heavy atom. The van der Waals surface area contributed by atoms with Crippen molar-refractivity contribution in [3.8, 4) is 0 Å². The molecule has 1 atom stereocenters. The van der Waals surface area contributed by atoms with E-state index in [1.807, 2.05) is 30.3 Å². The topological polar surface area (TPSA) is 50.8 Å². The molecular weight excluding hydrogens is 415 g/mol. The first kappa shape index (κ1) is 21.2. The van der Waals surface area contributed by atoms with Gasteiger partial charge in [0.05, 0.1) is 23.2 Å². The summed E-state index contributed by atoms with van der Waals surface area (Å²) >= 11 is 11.5. The number of carbonyl (C=O) groups is 1. The number of esters is 1. The maximum Gasteiger partial charge on any atom is 0.338 e. The van der Waals surface area contributed by atoms with E-state index < -0.39 is 17.8 Å². The number of hydrogen-bond acceptors (Lipinski definition) is 4. The number of benzene rings is 2. The Labute approximate surface area is 179 Å². The molecule has 29 heavy (non-hydrogen) atoms. The van der Waals surface area contributed by atoms with Crippen molar-refractivity contribution in [2.24, 2.45) is 0 Å². The van der Waals surface area contributed by atoms with Crippen molar-refractivity contribution < 1.29 is 18.7 Å². The second-order valence-electron chi connectivity index (χ2n) is 6.35. The fraction of sp³-hybridized carbons (Fsp3) is 0.238. The smallest absolute Gasteiger partial charge is 0.338 e. The van der Waals surface area contributed by atoms with Crippen molar-refractivity contribution in [2.45, 2.75) is 13.0 Å². The van der Waals surface area contributed by atoms with Crippen molar-refractivity contribution in [2.75, 3.05) is 25.2 Å². The zero-order valence-electron chi connectivity index (χ0n) is 15.9. The Bertz CT molecular complexity index is 952. The summed E-state index contributed by atoms with van der Waals surface area (Å²) in [4.78, 5) is 14.6. The highest BCUT2D eigenvalue weighted by Crippen LogP contribution is 2.35. The second kappa shape index (κ2) is 9.35. The van der Waals surface area contributed by atoms with Crippen LogP contribution in [-0.2, 0) is 14.3 Å². The van der Waals surface area contributed by atoms with Crippen LogP contribution in [0, 0.1) is 5.82 Å². The van der Waals surface area contributed by atoms with Crippen LogP contribution in [0.2, 0.25) is 5.02 Å². The third kappa shape index (κ3) is 4.58. The number of nitrogens with zero attached hydrogens (tertiary/aromatic N) is 1. The van der Waals surface area contributed by atoms with Crippen LogP contribution in [-0.4, -0.2) is 31.4 Å². The van der Waals surface area contributed by atoms with Gasteiger partial charge in [0.15, 0.2) is 5.11 Å². The molecule has 0 radical (unpaired) electrons. The van der Waals surface area contributed by atoms with Crippen molar-refractivity contribution in [3.63, 3.8) is 0 Å². The minimum absolute atomic E-state index is 0.0347. The number of allylic oxidation sites excluding steroid dienone is 1. The third-order valence-corrected chi connectivity index (χ3v) is 5.11. The molecule has 3 rings (SSSR count). The molecule has 152 valence electrons. The van der Waals surface area contributed by atoms with Crippen LogP contribution in [0.3, 0.4) is 0 Å². The molecule has 0 aromatic heterocycles. The Morgan fingerprint density at radius 1 is 1.24 bits per heavy atom. The van der Waals surface area contributed by atoms with E-state index in [-0.39, 0.29) is 18.2 Å². The van der Waals surface area contributed by atoms with E-state index in [2.05, 4.69) is 5.32 Å². The molecule has 2 aromatic carbocycles. The minimum atomic E-state index is -0.533. The molecule has 1 aliphatic heterocycles. The summed E-state index contributed by atoms with van der Waals surface area (Å²) in [5.41, 5.74) is 2.39. The number of carbonyl (C=O) groups excluding carboxylic acids is 1. The van der Waals surface area contributed by atoms with E-state index in [1.54, 1.807) is 17.9 Å². The fourth-order valence-electron chi connectivity index (χ4n) is 3.13. The van der Waals surface area contributed by atoms with E-state index in [1.165, 1.54) is 19.2 Å². The van der Waals surface area contributed by atoms with Gasteiger partial charge in [-0.15, -0.1) is 0 Å². The third-order valence-electron chi connectivity index (χ3n) is 4.52. The number of nitrogens with one attached hydrogen (secondary N) is 1. The molecule has 0 saturated carbocycles. The van der Waals surface area contributed by atoms with E-state index in [4.69, 9.17) is 33.3 Å². The molecule has 5 nitrogen and oxygen atoms in total. The maximum absolute atomic E-state index is 13.6. The zero-order chi connectivity index (χ0) is 21.0. The Hall–Kier alpha value is -2.48. The van der Waals surface area contributed by atoms with Crippen LogP contribution in [0.1, 0.15) is 18.5 Å². The van der Waals surface area contributed by atoms with Gasteiger partial charge < -0.3 is 14.8 Å². The molecule has 1 aliphatic rings. The summed E-state index contributed by atoms with van der Waals surface area (Å²) in [5, 5.41) is 3.53. The van der Waals surface area contributed by atoms with Gasteiger partial charge in [0.2, 0.25) is 0 Å². The number of methoxy groups -OCH3 is 1. The first-order chi connectivity index (χ1) is 13.9. The lowest BCUT2D eigenvalue weighted by Crippen LogP contribution is -2.48. The molecule has 0 amide bonds. The van der Waals surface area contributed by atoms with Gasteiger partial charge in [-0.25, -0.2) is 9.18 Å². The Balaban J connectivity index is 2.07. The predicted octanol–water partition coefficient (Wildman–Crippen LogP) is 4.38. The molecular formula is C21H20ClFN2O3S. The first-order valence-electron chi connectivity index (χ1n) is 8.91. The lowest BCUT2D eigenvalue weighted by molar-refractivity contribution is -0.140. The average molecular weight is 435 g/mol. The zero-order valence-corrected chi connectivity index (χ0v) is 17.5. The lowest BCUT2D eigenvalue weighted by Gasteiger charge is -2.37. The minimum Gasteiger partial charge on any atom is -0.460 e. The average Bonchev–Trinajstić information content (AvgIpc) is 2.71. The quantitative estimate of drug-likeness (QED) is 0.413. The monoisotopic (exact) mass is 434 g/mol. The maximum atomic E-state index is 13.6. The molecule has 1 heterocycles. The standard InChI is InChI=1S/C21H20ClFN2O3S/c1-13-18(20(26)28-11-10-27-2)19(14-6-4-3-5-7-14)24-21(29)25(13)15-8-9-17(23)16(22)12-15/h3-9,12,19H,10-11H2,1-2H3,(H,24,29). The molecule has 0 bridgehead atoms. The SMILES string of the molecule is COCCOC(=O)C1=C(C)N(c2ccc(F)c(Cl)c2)C(=S)NC1c1ccccc1. The van der Waals surface area contributed by atoms with Crippen molar-refractivity contribution in [1.29, 1.82) is 0 Å². The summed E-state index contributed by atoms with van der Waals surface area (Å²) in [6, 6.07) is 13.3. The van der Waals surface area contributed by atoms with Crippen LogP contribution < -0.4 is 10.2 Å². The molecule has 0 fully saturated rings. The highest BCUT2D eigenvalue weighted by atomic mass is 35.5. The first-order valence-corrected chi connectivity index (χ1v) is 9.70. The van der Waals surface area contributed by atoms with Gasteiger partial charge >= 0.3 is 5.97 Å². The highest BCUT2D eigenvalue weighted by molar-refractivity contribution is 7.80. The fourth-order valence-corrected chi connectivity index (χ4v) is 3.67. The van der Waals surface area contributed by atoms with E-state index in [9.17, 15) is 9.18 Å². The van der Waals surface area contributed by atoms with Gasteiger partial charge in [-0.3, -0.25) is 4.90 Å². The summed E-state index contributed by atoms with van der Waals surface area (Å²) in [6.07, 6.45) is 0. The molecule has 0 aliphatic carbocycles. The van der Waals surface area contributed by atoms with Gasteiger partial charge in [-0.1, -0.05) is 41.9 Å². The summed E-state index contributed by atoms with van der Waals surface area (Å²) in [7, 11) is 1.53. The highest BCUT2D eigenvalue weighted by Gasteiger charge is 2.35. The number of rotatable bonds is 6. The Morgan fingerprint density at radius 2 is 1.97 bits per heavy atom. The van der Waals surface area contributed by atoms with Gasteiger partial charge in [0, 0.05) is 18.5 Å². The van der Waals surface area contributed by atoms with Crippen LogP contribution in [0.5, 0.6) is 0 Å². The predicted molar refractivity (Wildman–Crippen MR) is 114 cm³/mol. The van der Waals surface area contributed by atoms with Crippen molar-refractivity contribution in [3.05, 3.63) is 76.2 Å². The number of thiocarbonyl (C=S) groups is 1. The number of halogens is 2. The molecule has 1 N–H and O–H groups in total. The van der Waals surface area contributed by atoms with Crippen LogP contribution >= 0.6 is 23.8 Å². The van der Waals surface area contributed by atoms with Crippen molar-refractivity contribution >= 4 is 40.6 Å². The summed E-state index contributed by atoms with van der Waals surface area (Å²) in [5.74, 6) is -1.02. The molecule has 1 unspecified atom stereocenters. The lowest BCUT2D eigenvalue weighted by atomic mass is 9.95. The normalized spacial score (nSPS) is 16.6.